The molecular weight excluding hydrogens is 418 g/mol. The zero-order valence-corrected chi connectivity index (χ0v) is 16.3. The van der Waals surface area contributed by atoms with E-state index in [1.54, 1.807) is 4.90 Å². The van der Waals surface area contributed by atoms with E-state index in [-0.39, 0.29) is 42.7 Å². The lowest BCUT2D eigenvalue weighted by Gasteiger charge is -2.20. The van der Waals surface area contributed by atoms with Crippen molar-refractivity contribution in [3.05, 3.63) is 46.4 Å². The number of aliphatic hydroxyl groups excluding tert-OH is 2. The van der Waals surface area contributed by atoms with Crippen molar-refractivity contribution in [3.63, 3.8) is 0 Å². The van der Waals surface area contributed by atoms with E-state index in [0.717, 1.165) is 12.1 Å². The van der Waals surface area contributed by atoms with Gasteiger partial charge in [0, 0.05) is 18.5 Å². The maximum atomic E-state index is 14.5. The van der Waals surface area contributed by atoms with Gasteiger partial charge in [0.15, 0.2) is 5.82 Å². The van der Waals surface area contributed by atoms with Gasteiger partial charge in [-0.15, -0.1) is 11.3 Å². The topological polar surface area (TPSA) is 130 Å². The standard InChI is InChI=1S/C18H18F2N6O3S/c19-9-2-1-3-10(20)14(9)15-16(23-17(29)11-6-30-8-22-11)18(26(7-21)24-15)25-4-12(27)13(28)5-25/h1-3,6,8,12-13,27-28H,4-5,7,21H2,(H,23,29)/t12-,13-/m0/s1. The summed E-state index contributed by atoms with van der Waals surface area (Å²) in [4.78, 5) is 18.2. The van der Waals surface area contributed by atoms with E-state index in [9.17, 15) is 23.8 Å². The third-order valence-corrected chi connectivity index (χ3v) is 5.35. The Kier molecular flexibility index (Phi) is 5.47. The molecule has 0 unspecified atom stereocenters. The van der Waals surface area contributed by atoms with E-state index in [0.29, 0.717) is 0 Å². The highest BCUT2D eigenvalue weighted by Gasteiger charge is 2.35. The number of benzene rings is 1. The largest absolute Gasteiger partial charge is 0.389 e. The molecule has 1 amide bonds. The number of thiazole rings is 1. The zero-order valence-electron chi connectivity index (χ0n) is 15.5. The number of amides is 1. The van der Waals surface area contributed by atoms with Crippen LogP contribution in [0, 0.1) is 11.6 Å². The van der Waals surface area contributed by atoms with Crippen LogP contribution in [0.1, 0.15) is 10.5 Å². The first-order valence-electron chi connectivity index (χ1n) is 8.96. The molecule has 0 spiro atoms. The molecule has 1 aromatic carbocycles. The number of carbonyl (C=O) groups excluding carboxylic acids is 1. The van der Waals surface area contributed by atoms with Gasteiger partial charge in [0.1, 0.15) is 28.7 Å². The number of halogens is 2. The first-order valence-corrected chi connectivity index (χ1v) is 9.90. The summed E-state index contributed by atoms with van der Waals surface area (Å²) in [6.07, 6.45) is -2.08. The van der Waals surface area contributed by atoms with Gasteiger partial charge >= 0.3 is 0 Å². The molecule has 1 fully saturated rings. The fourth-order valence-corrected chi connectivity index (χ4v) is 3.89. The van der Waals surface area contributed by atoms with E-state index >= 15 is 0 Å². The summed E-state index contributed by atoms with van der Waals surface area (Å²) in [5, 5.41) is 28.3. The number of rotatable bonds is 5. The molecule has 158 valence electrons. The van der Waals surface area contributed by atoms with Crippen LogP contribution < -0.4 is 16.0 Å². The SMILES string of the molecule is NCn1nc(-c2c(F)cccc2F)c(NC(=O)c2cscn2)c1N1C[C@H](O)[C@@H](O)C1. The lowest BCUT2D eigenvalue weighted by atomic mass is 10.1. The average molecular weight is 436 g/mol. The predicted molar refractivity (Wildman–Crippen MR) is 106 cm³/mol. The summed E-state index contributed by atoms with van der Waals surface area (Å²) < 4.78 is 30.3. The van der Waals surface area contributed by atoms with Crippen LogP contribution in [0.15, 0.2) is 29.1 Å². The number of nitrogens with two attached hydrogens (primary N) is 1. The molecule has 2 atom stereocenters. The van der Waals surface area contributed by atoms with E-state index in [4.69, 9.17) is 5.73 Å². The molecular formula is C18H18F2N6O3S. The Morgan fingerprint density at radius 3 is 2.50 bits per heavy atom. The van der Waals surface area contributed by atoms with E-state index in [2.05, 4.69) is 15.4 Å². The number of aromatic nitrogens is 3. The van der Waals surface area contributed by atoms with Gasteiger partial charge in [-0.2, -0.15) is 5.10 Å². The maximum absolute atomic E-state index is 14.5. The predicted octanol–water partition coefficient (Wildman–Crippen LogP) is 0.995. The molecule has 1 aliphatic heterocycles. The molecule has 30 heavy (non-hydrogen) atoms. The zero-order chi connectivity index (χ0) is 21.4. The van der Waals surface area contributed by atoms with Crippen LogP contribution in [-0.4, -0.2) is 56.2 Å². The number of aliphatic hydroxyl groups is 2. The van der Waals surface area contributed by atoms with Crippen molar-refractivity contribution in [2.75, 3.05) is 23.3 Å². The van der Waals surface area contributed by atoms with Crippen molar-refractivity contribution < 1.29 is 23.8 Å². The van der Waals surface area contributed by atoms with E-state index in [1.807, 2.05) is 0 Å². The molecule has 3 heterocycles. The van der Waals surface area contributed by atoms with Gasteiger partial charge in [-0.25, -0.2) is 18.4 Å². The average Bonchev–Trinajstić information content (AvgIpc) is 3.42. The molecule has 12 heteroatoms. The molecule has 5 N–H and O–H groups in total. The second-order valence-corrected chi connectivity index (χ2v) is 7.41. The van der Waals surface area contributed by atoms with Crippen molar-refractivity contribution in [1.82, 2.24) is 14.8 Å². The van der Waals surface area contributed by atoms with Crippen LogP contribution in [0.2, 0.25) is 0 Å². The van der Waals surface area contributed by atoms with Crippen LogP contribution in [0.5, 0.6) is 0 Å². The minimum atomic E-state index is -1.04. The summed E-state index contributed by atoms with van der Waals surface area (Å²) in [6, 6.07) is 3.37. The maximum Gasteiger partial charge on any atom is 0.275 e. The second kappa shape index (κ2) is 8.07. The summed E-state index contributed by atoms with van der Waals surface area (Å²) >= 11 is 1.21. The van der Waals surface area contributed by atoms with Gasteiger partial charge < -0.3 is 26.2 Å². The van der Waals surface area contributed by atoms with Crippen LogP contribution in [0.3, 0.4) is 0 Å². The number of β-amino-alcohol motifs (C(OH)–C–C–N with tert-alkyl or cyclic N) is 2. The summed E-state index contributed by atoms with van der Waals surface area (Å²) in [5.41, 5.74) is 6.79. The Bertz CT molecular complexity index is 1040. The summed E-state index contributed by atoms with van der Waals surface area (Å²) in [6.45, 7) is -0.134. The van der Waals surface area contributed by atoms with Gasteiger partial charge in [-0.05, 0) is 12.1 Å². The van der Waals surface area contributed by atoms with Crippen molar-refractivity contribution >= 4 is 28.7 Å². The molecule has 1 saturated heterocycles. The molecule has 4 rings (SSSR count). The van der Waals surface area contributed by atoms with Gasteiger partial charge in [0.2, 0.25) is 0 Å². The minimum absolute atomic E-state index is 0.00347. The lowest BCUT2D eigenvalue weighted by Crippen LogP contribution is -2.27. The summed E-state index contributed by atoms with van der Waals surface area (Å²) in [7, 11) is 0. The van der Waals surface area contributed by atoms with Gasteiger partial charge in [-0.3, -0.25) is 4.79 Å². The molecule has 0 radical (unpaired) electrons. The lowest BCUT2D eigenvalue weighted by molar-refractivity contribution is 0.0572. The quantitative estimate of drug-likeness (QED) is 0.469. The van der Waals surface area contributed by atoms with Crippen molar-refractivity contribution in [2.24, 2.45) is 5.73 Å². The highest BCUT2D eigenvalue weighted by molar-refractivity contribution is 7.07. The number of nitrogens with zero attached hydrogens (tertiary/aromatic N) is 4. The number of nitrogens with one attached hydrogen (secondary N) is 1. The second-order valence-electron chi connectivity index (χ2n) is 6.69. The van der Waals surface area contributed by atoms with Gasteiger partial charge in [0.25, 0.3) is 5.91 Å². The number of anilines is 2. The fraction of sp³-hybridized carbons (Fsp3) is 0.278. The summed E-state index contributed by atoms with van der Waals surface area (Å²) in [5.74, 6) is -2.12. The highest BCUT2D eigenvalue weighted by atomic mass is 32.1. The van der Waals surface area contributed by atoms with Crippen LogP contribution in [-0.2, 0) is 6.67 Å². The Morgan fingerprint density at radius 2 is 1.93 bits per heavy atom. The van der Waals surface area contributed by atoms with E-state index in [1.165, 1.54) is 33.0 Å². The Morgan fingerprint density at radius 1 is 1.27 bits per heavy atom. The van der Waals surface area contributed by atoms with Crippen molar-refractivity contribution in [1.29, 1.82) is 0 Å². The molecule has 0 saturated carbocycles. The molecule has 0 aliphatic carbocycles. The smallest absolute Gasteiger partial charge is 0.275 e. The van der Waals surface area contributed by atoms with Crippen LogP contribution in [0.25, 0.3) is 11.3 Å². The number of hydrogen-bond donors (Lipinski definition) is 4. The molecule has 1 aliphatic rings. The highest BCUT2D eigenvalue weighted by Crippen LogP contribution is 2.40. The van der Waals surface area contributed by atoms with E-state index < -0.39 is 35.3 Å². The number of carbonyl (C=O) groups is 1. The first kappa shape index (κ1) is 20.3. The normalized spacial score (nSPS) is 18.8. The third kappa shape index (κ3) is 3.54. The monoisotopic (exact) mass is 436 g/mol. The number of hydrogen-bond acceptors (Lipinski definition) is 8. The Balaban J connectivity index is 1.88. The molecule has 3 aromatic rings. The first-order chi connectivity index (χ1) is 14.4. The molecule has 9 nitrogen and oxygen atoms in total. The van der Waals surface area contributed by atoms with Crippen molar-refractivity contribution in [2.45, 2.75) is 18.9 Å². The fourth-order valence-electron chi connectivity index (χ4n) is 3.36. The van der Waals surface area contributed by atoms with Crippen molar-refractivity contribution in [3.8, 4) is 11.3 Å². The molecule has 0 bridgehead atoms. The van der Waals surface area contributed by atoms with Gasteiger partial charge in [-0.1, -0.05) is 6.07 Å². The van der Waals surface area contributed by atoms with Crippen LogP contribution in [0.4, 0.5) is 20.3 Å². The third-order valence-electron chi connectivity index (χ3n) is 4.76. The Labute approximate surface area is 173 Å². The van der Waals surface area contributed by atoms with Gasteiger partial charge in [0.05, 0.1) is 30.0 Å². The molecule has 2 aromatic heterocycles. The minimum Gasteiger partial charge on any atom is -0.389 e. The van der Waals surface area contributed by atoms with Crippen LogP contribution >= 0.6 is 11.3 Å². The Hall–Kier alpha value is -2.93.